The minimum atomic E-state index is 0.485. The van der Waals surface area contributed by atoms with Crippen LogP contribution in [0.1, 0.15) is 11.4 Å². The van der Waals surface area contributed by atoms with Gasteiger partial charge in [0, 0.05) is 45.1 Å². The highest BCUT2D eigenvalue weighted by Gasteiger charge is 2.22. The molecule has 118 valence electrons. The van der Waals surface area contributed by atoms with Crippen LogP contribution < -0.4 is 4.74 Å². The van der Waals surface area contributed by atoms with Crippen LogP contribution in [0.5, 0.6) is 5.75 Å². The molecule has 0 amide bonds. The van der Waals surface area contributed by atoms with Gasteiger partial charge in [-0.1, -0.05) is 12.1 Å². The van der Waals surface area contributed by atoms with E-state index in [2.05, 4.69) is 32.8 Å². The van der Waals surface area contributed by atoms with Gasteiger partial charge >= 0.3 is 0 Å². The third-order valence-electron chi connectivity index (χ3n) is 4.11. The minimum absolute atomic E-state index is 0.485. The lowest BCUT2D eigenvalue weighted by molar-refractivity contribution is 0.115. The smallest absolute Gasteiger partial charge is 0.122 e. The first kappa shape index (κ1) is 15.1. The number of fused-ring (bicyclic) bond motifs is 1. The maximum Gasteiger partial charge on any atom is 0.122 e. The monoisotopic (exact) mass is 301 g/mol. The van der Waals surface area contributed by atoms with Crippen molar-refractivity contribution in [3.63, 3.8) is 0 Å². The second-order valence-electron chi connectivity index (χ2n) is 5.83. The molecule has 1 aromatic carbocycles. The van der Waals surface area contributed by atoms with E-state index < -0.39 is 0 Å². The van der Waals surface area contributed by atoms with Crippen molar-refractivity contribution in [3.05, 3.63) is 48.0 Å². The van der Waals surface area contributed by atoms with Gasteiger partial charge in [0.2, 0.25) is 0 Å². The summed E-state index contributed by atoms with van der Waals surface area (Å²) in [6.45, 7) is 4.55. The highest BCUT2D eigenvalue weighted by Crippen LogP contribution is 2.19. The predicted octanol–water partition coefficient (Wildman–Crippen LogP) is 2.17. The summed E-state index contributed by atoms with van der Waals surface area (Å²) in [5.41, 5.74) is 1.29. The van der Waals surface area contributed by atoms with Gasteiger partial charge in [-0.3, -0.25) is 4.90 Å². The number of benzene rings is 1. The number of imidazole rings is 1. The summed E-state index contributed by atoms with van der Waals surface area (Å²) in [5, 5.41) is 0. The summed E-state index contributed by atoms with van der Waals surface area (Å²) in [6, 6.07) is 8.28. The second-order valence-corrected chi connectivity index (χ2v) is 5.83. The van der Waals surface area contributed by atoms with Crippen LogP contribution in [0.4, 0.5) is 0 Å². The van der Waals surface area contributed by atoms with E-state index in [-0.39, 0.29) is 0 Å². The summed E-state index contributed by atoms with van der Waals surface area (Å²) in [6.07, 6.45) is 3.95. The summed E-state index contributed by atoms with van der Waals surface area (Å²) < 4.78 is 12.8. The molecule has 1 unspecified atom stereocenters. The third kappa shape index (κ3) is 3.48. The molecular formula is C17H23N3O2. The molecule has 22 heavy (non-hydrogen) atoms. The lowest BCUT2D eigenvalue weighted by Crippen LogP contribution is -2.29. The summed E-state index contributed by atoms with van der Waals surface area (Å²) >= 11 is 0. The largest absolute Gasteiger partial charge is 0.497 e. The van der Waals surface area contributed by atoms with E-state index in [1.807, 2.05) is 18.3 Å². The van der Waals surface area contributed by atoms with Crippen LogP contribution in [0, 0.1) is 5.92 Å². The first-order chi connectivity index (χ1) is 10.8. The van der Waals surface area contributed by atoms with E-state index in [0.717, 1.165) is 44.4 Å². The predicted molar refractivity (Wildman–Crippen MR) is 84.7 cm³/mol. The van der Waals surface area contributed by atoms with Crippen LogP contribution in [0.15, 0.2) is 36.7 Å². The molecule has 0 saturated heterocycles. The third-order valence-corrected chi connectivity index (χ3v) is 4.11. The number of nitrogens with zero attached hydrogens (tertiary/aromatic N) is 3. The van der Waals surface area contributed by atoms with E-state index in [9.17, 15) is 0 Å². The van der Waals surface area contributed by atoms with E-state index >= 15 is 0 Å². The molecule has 0 bridgehead atoms. The van der Waals surface area contributed by atoms with Crippen molar-refractivity contribution in [1.82, 2.24) is 14.5 Å². The Hall–Kier alpha value is -1.85. The van der Waals surface area contributed by atoms with Gasteiger partial charge in [-0.05, 0) is 17.7 Å². The Bertz CT molecular complexity index is 594. The van der Waals surface area contributed by atoms with Gasteiger partial charge in [0.25, 0.3) is 0 Å². The average Bonchev–Trinajstić information content (AvgIpc) is 2.88. The first-order valence-corrected chi connectivity index (χ1v) is 7.62. The Labute approximate surface area is 131 Å². The van der Waals surface area contributed by atoms with Gasteiger partial charge < -0.3 is 14.0 Å². The molecule has 1 aliphatic heterocycles. The van der Waals surface area contributed by atoms with Crippen molar-refractivity contribution >= 4 is 0 Å². The molecule has 1 aromatic heterocycles. The van der Waals surface area contributed by atoms with Gasteiger partial charge in [-0.2, -0.15) is 0 Å². The number of rotatable bonds is 5. The number of hydrogen-bond acceptors (Lipinski definition) is 4. The van der Waals surface area contributed by atoms with Crippen LogP contribution in [-0.2, 0) is 24.4 Å². The van der Waals surface area contributed by atoms with Crippen LogP contribution in [0.25, 0.3) is 0 Å². The van der Waals surface area contributed by atoms with Gasteiger partial charge in [0.05, 0.1) is 20.3 Å². The van der Waals surface area contributed by atoms with Crippen LogP contribution >= 0.6 is 0 Å². The number of ether oxygens (including phenoxy) is 2. The first-order valence-electron chi connectivity index (χ1n) is 7.62. The molecule has 5 nitrogen and oxygen atoms in total. The normalized spacial score (nSPS) is 18.7. The van der Waals surface area contributed by atoms with Crippen molar-refractivity contribution in [2.75, 3.05) is 27.4 Å². The molecule has 0 spiro atoms. The van der Waals surface area contributed by atoms with Crippen molar-refractivity contribution in [3.8, 4) is 5.75 Å². The number of methoxy groups -OCH3 is 2. The average molecular weight is 301 g/mol. The van der Waals surface area contributed by atoms with Crippen molar-refractivity contribution in [2.24, 2.45) is 5.92 Å². The van der Waals surface area contributed by atoms with Crippen molar-refractivity contribution < 1.29 is 9.47 Å². The SMILES string of the molecule is COCC1CN(Cc2ccc(OC)cc2)Cc2nccn2C1. The Morgan fingerprint density at radius 2 is 2.00 bits per heavy atom. The molecule has 2 aromatic rings. The number of hydrogen-bond donors (Lipinski definition) is 0. The van der Waals surface area contributed by atoms with E-state index in [1.54, 1.807) is 14.2 Å². The minimum Gasteiger partial charge on any atom is -0.497 e. The van der Waals surface area contributed by atoms with Gasteiger partial charge in [-0.25, -0.2) is 4.98 Å². The fraction of sp³-hybridized carbons (Fsp3) is 0.471. The van der Waals surface area contributed by atoms with Crippen LogP contribution in [0.3, 0.4) is 0 Å². The fourth-order valence-electron chi connectivity index (χ4n) is 3.07. The zero-order valence-corrected chi connectivity index (χ0v) is 13.2. The highest BCUT2D eigenvalue weighted by molar-refractivity contribution is 5.27. The van der Waals surface area contributed by atoms with Crippen LogP contribution in [0.2, 0.25) is 0 Å². The summed E-state index contributed by atoms with van der Waals surface area (Å²) in [7, 11) is 3.46. The molecule has 1 aliphatic rings. The highest BCUT2D eigenvalue weighted by atomic mass is 16.5. The molecule has 0 N–H and O–H groups in total. The molecule has 0 aliphatic carbocycles. The topological polar surface area (TPSA) is 39.5 Å². The molecule has 1 atom stereocenters. The zero-order chi connectivity index (χ0) is 15.4. The second kappa shape index (κ2) is 6.94. The van der Waals surface area contributed by atoms with Crippen molar-refractivity contribution in [2.45, 2.75) is 19.6 Å². The Morgan fingerprint density at radius 3 is 2.73 bits per heavy atom. The standard InChI is InChI=1S/C17H23N3O2/c1-21-13-15-10-19(12-17-18-7-8-20(17)11-15)9-14-3-5-16(22-2)6-4-14/h3-8,15H,9-13H2,1-2H3. The van der Waals surface area contributed by atoms with E-state index in [4.69, 9.17) is 9.47 Å². The molecule has 0 fully saturated rings. The fourth-order valence-corrected chi connectivity index (χ4v) is 3.07. The van der Waals surface area contributed by atoms with Crippen molar-refractivity contribution in [1.29, 1.82) is 0 Å². The number of aromatic nitrogens is 2. The molecule has 5 heteroatoms. The maximum atomic E-state index is 5.38. The zero-order valence-electron chi connectivity index (χ0n) is 13.2. The lowest BCUT2D eigenvalue weighted by atomic mass is 10.1. The maximum absolute atomic E-state index is 5.38. The molecule has 3 rings (SSSR count). The Balaban J connectivity index is 1.73. The summed E-state index contributed by atoms with van der Waals surface area (Å²) in [4.78, 5) is 6.93. The molecule has 2 heterocycles. The molecule has 0 saturated carbocycles. The van der Waals surface area contributed by atoms with E-state index in [0.29, 0.717) is 5.92 Å². The lowest BCUT2D eigenvalue weighted by Gasteiger charge is -2.23. The van der Waals surface area contributed by atoms with Gasteiger partial charge in [0.15, 0.2) is 0 Å². The van der Waals surface area contributed by atoms with Gasteiger partial charge in [0.1, 0.15) is 11.6 Å². The van der Waals surface area contributed by atoms with E-state index in [1.165, 1.54) is 5.56 Å². The quantitative estimate of drug-likeness (QED) is 0.848. The van der Waals surface area contributed by atoms with Crippen LogP contribution in [-0.4, -0.2) is 41.8 Å². The summed E-state index contributed by atoms with van der Waals surface area (Å²) in [5.74, 6) is 2.51. The van der Waals surface area contributed by atoms with Gasteiger partial charge in [-0.15, -0.1) is 0 Å². The Kier molecular flexibility index (Phi) is 4.75. The molecule has 0 radical (unpaired) electrons. The molecular weight excluding hydrogens is 278 g/mol. The Morgan fingerprint density at radius 1 is 1.18 bits per heavy atom.